The standard InChI is InChI=1S/C20H18F3N5O3/c1-12-4-3-5-15(8-12)31-11-18(29)26-27-19(30)16-10-25-28(13(16)2)17-7-6-14(9-24-17)20(21,22)23/h3-10H,11H2,1-2H3,(H,26,29)(H,27,30). The van der Waals surface area contributed by atoms with E-state index < -0.39 is 23.6 Å². The average molecular weight is 433 g/mol. The van der Waals surface area contributed by atoms with Crippen LogP contribution in [0, 0.1) is 13.8 Å². The summed E-state index contributed by atoms with van der Waals surface area (Å²) in [5.74, 6) is -0.605. The zero-order valence-electron chi connectivity index (χ0n) is 16.5. The second kappa shape index (κ2) is 8.86. The molecule has 11 heteroatoms. The molecule has 3 rings (SSSR count). The molecule has 31 heavy (non-hydrogen) atoms. The van der Waals surface area contributed by atoms with E-state index in [0.717, 1.165) is 17.7 Å². The molecule has 1 aromatic carbocycles. The third-order valence-electron chi connectivity index (χ3n) is 4.22. The van der Waals surface area contributed by atoms with Crippen molar-refractivity contribution in [1.82, 2.24) is 25.6 Å². The first-order valence-corrected chi connectivity index (χ1v) is 9.02. The summed E-state index contributed by atoms with van der Waals surface area (Å²) >= 11 is 0. The van der Waals surface area contributed by atoms with Crippen LogP contribution in [-0.2, 0) is 11.0 Å². The fourth-order valence-corrected chi connectivity index (χ4v) is 2.63. The molecule has 0 bridgehead atoms. The van der Waals surface area contributed by atoms with Crippen LogP contribution in [0.15, 0.2) is 48.8 Å². The number of hydrogen-bond acceptors (Lipinski definition) is 5. The monoisotopic (exact) mass is 433 g/mol. The number of nitrogens with one attached hydrogen (secondary N) is 2. The molecule has 3 aromatic rings. The quantitative estimate of drug-likeness (QED) is 0.603. The van der Waals surface area contributed by atoms with Crippen molar-refractivity contribution < 1.29 is 27.5 Å². The molecule has 0 unspecified atom stereocenters. The number of halogens is 3. The first kappa shape index (κ1) is 21.8. The van der Waals surface area contributed by atoms with E-state index in [-0.39, 0.29) is 18.0 Å². The Kier molecular flexibility index (Phi) is 6.23. The molecule has 0 fully saturated rings. The van der Waals surface area contributed by atoms with Crippen LogP contribution < -0.4 is 15.6 Å². The van der Waals surface area contributed by atoms with Gasteiger partial charge in [-0.3, -0.25) is 20.4 Å². The van der Waals surface area contributed by atoms with E-state index in [1.807, 2.05) is 13.0 Å². The highest BCUT2D eigenvalue weighted by molar-refractivity contribution is 5.96. The molecule has 0 aliphatic heterocycles. The van der Waals surface area contributed by atoms with Crippen molar-refractivity contribution in [1.29, 1.82) is 0 Å². The third-order valence-corrected chi connectivity index (χ3v) is 4.22. The third kappa shape index (κ3) is 5.38. The topological polar surface area (TPSA) is 98.1 Å². The lowest BCUT2D eigenvalue weighted by atomic mass is 10.2. The molecule has 0 saturated heterocycles. The van der Waals surface area contributed by atoms with Gasteiger partial charge in [0.2, 0.25) is 0 Å². The molecule has 0 aliphatic carbocycles. The number of hydrazine groups is 1. The lowest BCUT2D eigenvalue weighted by Gasteiger charge is -2.10. The number of alkyl halides is 3. The van der Waals surface area contributed by atoms with Crippen LogP contribution in [0.25, 0.3) is 5.82 Å². The number of rotatable bonds is 5. The van der Waals surface area contributed by atoms with Crippen molar-refractivity contribution in [2.75, 3.05) is 6.61 Å². The Morgan fingerprint density at radius 2 is 1.87 bits per heavy atom. The van der Waals surface area contributed by atoms with E-state index in [1.165, 1.54) is 10.9 Å². The van der Waals surface area contributed by atoms with Crippen LogP contribution >= 0.6 is 0 Å². The first-order valence-electron chi connectivity index (χ1n) is 9.02. The average Bonchev–Trinajstić information content (AvgIpc) is 3.11. The Bertz CT molecular complexity index is 1090. The van der Waals surface area contributed by atoms with Crippen molar-refractivity contribution in [2.24, 2.45) is 0 Å². The molecule has 2 aromatic heterocycles. The number of pyridine rings is 1. The Morgan fingerprint density at radius 3 is 2.52 bits per heavy atom. The molecule has 2 amide bonds. The Hall–Kier alpha value is -3.89. The van der Waals surface area contributed by atoms with Crippen LogP contribution in [0.4, 0.5) is 13.2 Å². The molecule has 0 aliphatic rings. The van der Waals surface area contributed by atoms with Gasteiger partial charge in [-0.25, -0.2) is 9.67 Å². The summed E-state index contributed by atoms with van der Waals surface area (Å²) in [5.41, 5.74) is 4.99. The predicted molar refractivity (Wildman–Crippen MR) is 103 cm³/mol. The van der Waals surface area contributed by atoms with Crippen LogP contribution in [0.2, 0.25) is 0 Å². The van der Waals surface area contributed by atoms with Gasteiger partial charge in [-0.2, -0.15) is 18.3 Å². The zero-order valence-corrected chi connectivity index (χ0v) is 16.5. The molecule has 0 spiro atoms. The number of carbonyl (C=O) groups is 2. The lowest BCUT2D eigenvalue weighted by Crippen LogP contribution is -2.44. The first-order chi connectivity index (χ1) is 14.6. The Morgan fingerprint density at radius 1 is 1.10 bits per heavy atom. The number of aryl methyl sites for hydroxylation is 1. The van der Waals surface area contributed by atoms with Gasteiger partial charge in [0.05, 0.1) is 23.0 Å². The number of nitrogens with zero attached hydrogens (tertiary/aromatic N) is 3. The summed E-state index contributed by atoms with van der Waals surface area (Å²) in [4.78, 5) is 28.0. The molecule has 0 saturated carbocycles. The number of amides is 2. The summed E-state index contributed by atoms with van der Waals surface area (Å²) in [6.07, 6.45) is -2.60. The van der Waals surface area contributed by atoms with Gasteiger partial charge in [0, 0.05) is 6.20 Å². The number of hydrogen-bond donors (Lipinski definition) is 2. The number of aromatic nitrogens is 3. The van der Waals surface area contributed by atoms with E-state index in [2.05, 4.69) is 20.9 Å². The molecule has 0 radical (unpaired) electrons. The second-order valence-corrected chi connectivity index (χ2v) is 6.57. The maximum atomic E-state index is 12.7. The molecular formula is C20H18F3N5O3. The lowest BCUT2D eigenvalue weighted by molar-refractivity contribution is -0.137. The van der Waals surface area contributed by atoms with Gasteiger partial charge in [-0.1, -0.05) is 12.1 Å². The highest BCUT2D eigenvalue weighted by Gasteiger charge is 2.30. The predicted octanol–water partition coefficient (Wildman–Crippen LogP) is 2.74. The summed E-state index contributed by atoms with van der Waals surface area (Å²) in [7, 11) is 0. The largest absolute Gasteiger partial charge is 0.484 e. The zero-order chi connectivity index (χ0) is 22.6. The minimum absolute atomic E-state index is 0.111. The van der Waals surface area contributed by atoms with Gasteiger partial charge in [-0.15, -0.1) is 0 Å². The van der Waals surface area contributed by atoms with Gasteiger partial charge in [0.1, 0.15) is 5.75 Å². The number of carbonyl (C=O) groups excluding carboxylic acids is 2. The second-order valence-electron chi connectivity index (χ2n) is 6.57. The van der Waals surface area contributed by atoms with Crippen molar-refractivity contribution in [2.45, 2.75) is 20.0 Å². The van der Waals surface area contributed by atoms with Gasteiger partial charge in [0.15, 0.2) is 12.4 Å². The van der Waals surface area contributed by atoms with Gasteiger partial charge >= 0.3 is 6.18 Å². The summed E-state index contributed by atoms with van der Waals surface area (Å²) in [6.45, 7) is 3.12. The molecule has 2 N–H and O–H groups in total. The fraction of sp³-hybridized carbons (Fsp3) is 0.200. The van der Waals surface area contributed by atoms with E-state index in [0.29, 0.717) is 17.6 Å². The van der Waals surface area contributed by atoms with Crippen LogP contribution in [0.3, 0.4) is 0 Å². The van der Waals surface area contributed by atoms with Crippen molar-refractivity contribution in [3.63, 3.8) is 0 Å². The van der Waals surface area contributed by atoms with E-state index >= 15 is 0 Å². The smallest absolute Gasteiger partial charge is 0.417 e. The van der Waals surface area contributed by atoms with E-state index in [4.69, 9.17) is 4.74 Å². The van der Waals surface area contributed by atoms with Crippen molar-refractivity contribution >= 4 is 11.8 Å². The minimum Gasteiger partial charge on any atom is -0.484 e. The molecule has 8 nitrogen and oxygen atoms in total. The number of benzene rings is 1. The van der Waals surface area contributed by atoms with Crippen LogP contribution in [0.1, 0.15) is 27.2 Å². The normalized spacial score (nSPS) is 11.1. The van der Waals surface area contributed by atoms with Crippen LogP contribution in [0.5, 0.6) is 5.75 Å². The SMILES string of the molecule is Cc1cccc(OCC(=O)NNC(=O)c2cnn(-c3ccc(C(F)(F)F)cn3)c2C)c1. The van der Waals surface area contributed by atoms with Gasteiger partial charge < -0.3 is 4.74 Å². The molecule has 0 atom stereocenters. The number of ether oxygens (including phenoxy) is 1. The van der Waals surface area contributed by atoms with E-state index in [9.17, 15) is 22.8 Å². The molecular weight excluding hydrogens is 415 g/mol. The summed E-state index contributed by atoms with van der Waals surface area (Å²) < 4.78 is 44.6. The Labute approximate surface area is 175 Å². The van der Waals surface area contributed by atoms with Gasteiger partial charge in [-0.05, 0) is 43.7 Å². The van der Waals surface area contributed by atoms with Gasteiger partial charge in [0.25, 0.3) is 11.8 Å². The Balaban J connectivity index is 1.59. The maximum Gasteiger partial charge on any atom is 0.417 e. The van der Waals surface area contributed by atoms with Crippen LogP contribution in [-0.4, -0.2) is 33.2 Å². The minimum atomic E-state index is -4.50. The fourth-order valence-electron chi connectivity index (χ4n) is 2.63. The summed E-state index contributed by atoms with van der Waals surface area (Å²) in [6, 6.07) is 9.16. The van der Waals surface area contributed by atoms with E-state index in [1.54, 1.807) is 25.1 Å². The highest BCUT2D eigenvalue weighted by Crippen LogP contribution is 2.28. The molecule has 162 valence electrons. The highest BCUT2D eigenvalue weighted by atomic mass is 19.4. The van der Waals surface area contributed by atoms with Crippen molar-refractivity contribution in [3.8, 4) is 11.6 Å². The maximum absolute atomic E-state index is 12.7. The molecule has 2 heterocycles. The van der Waals surface area contributed by atoms with Crippen molar-refractivity contribution in [3.05, 3.63) is 71.2 Å². The summed E-state index contributed by atoms with van der Waals surface area (Å²) in [5, 5.41) is 3.98.